The molecular formula is C18H21N3O3. The highest BCUT2D eigenvalue weighted by Crippen LogP contribution is 2.06. The first kappa shape index (κ1) is 17.5. The minimum atomic E-state index is -0.258. The van der Waals surface area contributed by atoms with Gasteiger partial charge in [-0.15, -0.1) is 0 Å². The molecule has 2 amide bonds. The summed E-state index contributed by atoms with van der Waals surface area (Å²) in [5, 5.41) is 5.62. The summed E-state index contributed by atoms with van der Waals surface area (Å²) in [6, 6.07) is 12.2. The molecule has 24 heavy (non-hydrogen) atoms. The van der Waals surface area contributed by atoms with E-state index in [4.69, 9.17) is 4.74 Å². The molecule has 2 rings (SSSR count). The molecule has 6 nitrogen and oxygen atoms in total. The Morgan fingerprint density at radius 2 is 1.92 bits per heavy atom. The Morgan fingerprint density at radius 1 is 1.17 bits per heavy atom. The lowest BCUT2D eigenvalue weighted by atomic mass is 10.1. The molecule has 0 spiro atoms. The van der Waals surface area contributed by atoms with Crippen molar-refractivity contribution in [2.24, 2.45) is 0 Å². The molecular weight excluding hydrogens is 306 g/mol. The smallest absolute Gasteiger partial charge is 0.251 e. The molecule has 6 heteroatoms. The van der Waals surface area contributed by atoms with Gasteiger partial charge in [-0.2, -0.15) is 0 Å². The number of pyridine rings is 1. The van der Waals surface area contributed by atoms with Gasteiger partial charge in [0.1, 0.15) is 0 Å². The van der Waals surface area contributed by atoms with Gasteiger partial charge in [-0.3, -0.25) is 9.59 Å². The van der Waals surface area contributed by atoms with E-state index in [1.165, 1.54) is 0 Å². The molecule has 1 aromatic carbocycles. The van der Waals surface area contributed by atoms with Crippen LogP contribution in [-0.4, -0.2) is 29.9 Å². The van der Waals surface area contributed by atoms with E-state index in [1.54, 1.807) is 50.6 Å². The zero-order valence-corrected chi connectivity index (χ0v) is 13.8. The summed E-state index contributed by atoms with van der Waals surface area (Å²) >= 11 is 0. The third-order valence-electron chi connectivity index (χ3n) is 3.40. The number of hydrogen-bond acceptors (Lipinski definition) is 4. The number of carbonyl (C=O) groups is 2. The van der Waals surface area contributed by atoms with E-state index in [2.05, 4.69) is 15.6 Å². The fraction of sp³-hybridized carbons (Fsp3) is 0.278. The Bertz CT molecular complexity index is 672. The van der Waals surface area contributed by atoms with Gasteiger partial charge < -0.3 is 15.4 Å². The van der Waals surface area contributed by atoms with E-state index >= 15 is 0 Å². The molecule has 1 atom stereocenters. The monoisotopic (exact) mass is 327 g/mol. The van der Waals surface area contributed by atoms with E-state index in [-0.39, 0.29) is 24.3 Å². The van der Waals surface area contributed by atoms with Crippen molar-refractivity contribution in [2.75, 3.05) is 7.11 Å². The molecule has 2 aromatic rings. The van der Waals surface area contributed by atoms with Gasteiger partial charge in [0, 0.05) is 36.8 Å². The first-order valence-corrected chi connectivity index (χ1v) is 7.70. The highest BCUT2D eigenvalue weighted by molar-refractivity contribution is 5.94. The van der Waals surface area contributed by atoms with E-state index in [0.29, 0.717) is 18.0 Å². The number of aromatic nitrogens is 1. The highest BCUT2D eigenvalue weighted by atomic mass is 16.5. The number of nitrogens with zero attached hydrogens (tertiary/aromatic N) is 1. The first-order valence-electron chi connectivity index (χ1n) is 7.70. The lowest BCUT2D eigenvalue weighted by Crippen LogP contribution is -2.37. The zero-order chi connectivity index (χ0) is 17.4. The van der Waals surface area contributed by atoms with E-state index in [9.17, 15) is 9.59 Å². The van der Waals surface area contributed by atoms with Gasteiger partial charge in [-0.1, -0.05) is 24.3 Å². The number of carbonyl (C=O) groups excluding carboxylic acids is 2. The number of hydrogen-bond donors (Lipinski definition) is 2. The molecule has 0 aliphatic carbocycles. The standard InChI is InChI=1S/C18H21N3O3/c1-13(21-18(23)15-6-4-3-5-7-15)10-16(22)19-11-14-8-9-17(24-2)20-12-14/h3-9,12-13H,10-11H2,1-2H3,(H,19,22)(H,21,23)/t13-/m1/s1. The lowest BCUT2D eigenvalue weighted by Gasteiger charge is -2.14. The highest BCUT2D eigenvalue weighted by Gasteiger charge is 2.13. The summed E-state index contributed by atoms with van der Waals surface area (Å²) < 4.78 is 4.98. The maximum Gasteiger partial charge on any atom is 0.251 e. The minimum Gasteiger partial charge on any atom is -0.481 e. The van der Waals surface area contributed by atoms with Crippen molar-refractivity contribution in [3.63, 3.8) is 0 Å². The molecule has 0 saturated carbocycles. The van der Waals surface area contributed by atoms with Crippen LogP contribution in [0.5, 0.6) is 5.88 Å². The predicted molar refractivity (Wildman–Crippen MR) is 90.6 cm³/mol. The quantitative estimate of drug-likeness (QED) is 0.814. The van der Waals surface area contributed by atoms with Crippen LogP contribution in [0.4, 0.5) is 0 Å². The Balaban J connectivity index is 1.75. The predicted octanol–water partition coefficient (Wildman–Crippen LogP) is 1.91. The third-order valence-corrected chi connectivity index (χ3v) is 3.40. The van der Waals surface area contributed by atoms with Gasteiger partial charge in [-0.25, -0.2) is 4.98 Å². The van der Waals surface area contributed by atoms with Crippen LogP contribution in [0.3, 0.4) is 0 Å². The largest absolute Gasteiger partial charge is 0.481 e. The van der Waals surface area contributed by atoms with Crippen molar-refractivity contribution in [3.8, 4) is 5.88 Å². The van der Waals surface area contributed by atoms with Gasteiger partial charge in [-0.05, 0) is 24.6 Å². The van der Waals surface area contributed by atoms with Gasteiger partial charge >= 0.3 is 0 Å². The van der Waals surface area contributed by atoms with Crippen molar-refractivity contribution in [3.05, 3.63) is 59.8 Å². The molecule has 0 saturated heterocycles. The van der Waals surface area contributed by atoms with Crippen molar-refractivity contribution < 1.29 is 14.3 Å². The van der Waals surface area contributed by atoms with Gasteiger partial charge in [0.25, 0.3) is 5.91 Å². The number of benzene rings is 1. The summed E-state index contributed by atoms with van der Waals surface area (Å²) in [4.78, 5) is 28.1. The first-order chi connectivity index (χ1) is 11.6. The Hall–Kier alpha value is -2.89. The SMILES string of the molecule is COc1ccc(CNC(=O)C[C@@H](C)NC(=O)c2ccccc2)cn1. The molecule has 1 aromatic heterocycles. The number of ether oxygens (including phenoxy) is 1. The van der Waals surface area contributed by atoms with Gasteiger partial charge in [0.05, 0.1) is 7.11 Å². The normalized spacial score (nSPS) is 11.4. The van der Waals surface area contributed by atoms with Crippen LogP contribution in [0.1, 0.15) is 29.3 Å². The second-order valence-electron chi connectivity index (χ2n) is 5.43. The molecule has 0 aliphatic heterocycles. The summed E-state index contributed by atoms with van der Waals surface area (Å²) in [6.07, 6.45) is 1.86. The second kappa shape index (κ2) is 8.67. The molecule has 0 aliphatic rings. The maximum atomic E-state index is 12.0. The Labute approximate surface area is 141 Å². The molecule has 0 unspecified atom stereocenters. The summed E-state index contributed by atoms with van der Waals surface area (Å²) in [6.45, 7) is 2.19. The maximum absolute atomic E-state index is 12.0. The summed E-state index contributed by atoms with van der Waals surface area (Å²) in [5.74, 6) is 0.212. The van der Waals surface area contributed by atoms with Crippen molar-refractivity contribution in [1.82, 2.24) is 15.6 Å². The summed E-state index contributed by atoms with van der Waals surface area (Å²) in [5.41, 5.74) is 1.46. The topological polar surface area (TPSA) is 80.3 Å². The average molecular weight is 327 g/mol. The molecule has 0 radical (unpaired) electrons. The number of methoxy groups -OCH3 is 1. The Morgan fingerprint density at radius 3 is 2.54 bits per heavy atom. The van der Waals surface area contributed by atoms with Crippen LogP contribution in [0.25, 0.3) is 0 Å². The van der Waals surface area contributed by atoms with Crippen molar-refractivity contribution in [2.45, 2.75) is 25.9 Å². The van der Waals surface area contributed by atoms with Crippen LogP contribution in [0.15, 0.2) is 48.7 Å². The van der Waals surface area contributed by atoms with Gasteiger partial charge in [0.2, 0.25) is 11.8 Å². The molecule has 0 fully saturated rings. The minimum absolute atomic E-state index is 0.133. The van der Waals surface area contributed by atoms with E-state index in [1.807, 2.05) is 12.1 Å². The second-order valence-corrected chi connectivity index (χ2v) is 5.43. The fourth-order valence-corrected chi connectivity index (χ4v) is 2.13. The van der Waals surface area contributed by atoms with Crippen LogP contribution in [0, 0.1) is 0 Å². The summed E-state index contributed by atoms with van der Waals surface area (Å²) in [7, 11) is 1.55. The molecule has 1 heterocycles. The van der Waals surface area contributed by atoms with Crippen molar-refractivity contribution in [1.29, 1.82) is 0 Å². The Kier molecular flexibility index (Phi) is 6.31. The van der Waals surface area contributed by atoms with Crippen LogP contribution in [-0.2, 0) is 11.3 Å². The average Bonchev–Trinajstić information content (AvgIpc) is 2.61. The van der Waals surface area contributed by atoms with Gasteiger partial charge in [0.15, 0.2) is 0 Å². The van der Waals surface area contributed by atoms with Crippen LogP contribution >= 0.6 is 0 Å². The molecule has 2 N–H and O–H groups in total. The van der Waals surface area contributed by atoms with E-state index < -0.39 is 0 Å². The number of amides is 2. The number of nitrogens with one attached hydrogen (secondary N) is 2. The fourth-order valence-electron chi connectivity index (χ4n) is 2.13. The lowest BCUT2D eigenvalue weighted by molar-refractivity contribution is -0.121. The molecule has 126 valence electrons. The molecule has 0 bridgehead atoms. The zero-order valence-electron chi connectivity index (χ0n) is 13.8. The van der Waals surface area contributed by atoms with E-state index in [0.717, 1.165) is 5.56 Å². The van der Waals surface area contributed by atoms with Crippen LogP contribution in [0.2, 0.25) is 0 Å². The number of rotatable bonds is 7. The van der Waals surface area contributed by atoms with Crippen LogP contribution < -0.4 is 15.4 Å². The third kappa shape index (κ3) is 5.39. The van der Waals surface area contributed by atoms with Crippen molar-refractivity contribution >= 4 is 11.8 Å².